The molecular formula is C22H20N4O2. The van der Waals surface area contributed by atoms with Gasteiger partial charge in [-0.1, -0.05) is 18.2 Å². The highest BCUT2D eigenvalue weighted by atomic mass is 16.3. The van der Waals surface area contributed by atoms with Crippen molar-refractivity contribution in [2.45, 2.75) is 20.4 Å². The standard InChI is InChI=1S/C22H20N4O2/c1-15-7-8-16(2)19(11-15)26-20(12-18(25-26)21-6-4-10-28-21)22(27)24-14-17-5-3-9-23-13-17/h3-13H,14H2,1-2H3,(H,24,27). The summed E-state index contributed by atoms with van der Waals surface area (Å²) in [4.78, 5) is 17.0. The van der Waals surface area contributed by atoms with Crippen LogP contribution >= 0.6 is 0 Å². The van der Waals surface area contributed by atoms with Crippen molar-refractivity contribution >= 4 is 5.91 Å². The number of amides is 1. The third-order valence-corrected chi connectivity index (χ3v) is 4.48. The van der Waals surface area contributed by atoms with Gasteiger partial charge in [-0.2, -0.15) is 5.10 Å². The van der Waals surface area contributed by atoms with Crippen molar-refractivity contribution in [2.24, 2.45) is 0 Å². The summed E-state index contributed by atoms with van der Waals surface area (Å²) in [5, 5.41) is 7.60. The molecule has 0 fully saturated rings. The molecule has 6 heteroatoms. The van der Waals surface area contributed by atoms with Crippen molar-refractivity contribution in [1.82, 2.24) is 20.1 Å². The van der Waals surface area contributed by atoms with Crippen LogP contribution in [0.3, 0.4) is 0 Å². The van der Waals surface area contributed by atoms with Crippen molar-refractivity contribution in [1.29, 1.82) is 0 Å². The number of pyridine rings is 1. The Morgan fingerprint density at radius 2 is 2.04 bits per heavy atom. The molecule has 4 aromatic rings. The number of carbonyl (C=O) groups is 1. The first kappa shape index (κ1) is 17.7. The molecule has 0 aliphatic heterocycles. The zero-order valence-corrected chi connectivity index (χ0v) is 15.7. The highest BCUT2D eigenvalue weighted by molar-refractivity contribution is 5.94. The maximum absolute atomic E-state index is 13.0. The Balaban J connectivity index is 1.72. The summed E-state index contributed by atoms with van der Waals surface area (Å²) in [6, 6.07) is 15.2. The molecule has 28 heavy (non-hydrogen) atoms. The molecule has 4 rings (SSSR count). The van der Waals surface area contributed by atoms with Crippen LogP contribution in [0.2, 0.25) is 0 Å². The maximum Gasteiger partial charge on any atom is 0.270 e. The van der Waals surface area contributed by atoms with E-state index in [1.54, 1.807) is 35.5 Å². The average molecular weight is 372 g/mol. The number of hydrogen-bond acceptors (Lipinski definition) is 4. The van der Waals surface area contributed by atoms with E-state index < -0.39 is 0 Å². The van der Waals surface area contributed by atoms with Crippen LogP contribution in [0.25, 0.3) is 17.1 Å². The monoisotopic (exact) mass is 372 g/mol. The first-order valence-electron chi connectivity index (χ1n) is 9.00. The Bertz CT molecular complexity index is 1100. The van der Waals surface area contributed by atoms with Crippen molar-refractivity contribution < 1.29 is 9.21 Å². The van der Waals surface area contributed by atoms with Gasteiger partial charge in [-0.25, -0.2) is 4.68 Å². The van der Waals surface area contributed by atoms with Gasteiger partial charge in [0.1, 0.15) is 11.4 Å². The lowest BCUT2D eigenvalue weighted by atomic mass is 10.1. The summed E-state index contributed by atoms with van der Waals surface area (Å²) in [7, 11) is 0. The van der Waals surface area contributed by atoms with Gasteiger partial charge in [-0.3, -0.25) is 9.78 Å². The Kier molecular flexibility index (Phi) is 4.76. The second kappa shape index (κ2) is 7.52. The second-order valence-electron chi connectivity index (χ2n) is 6.64. The van der Waals surface area contributed by atoms with Crippen LogP contribution in [0.4, 0.5) is 0 Å². The van der Waals surface area contributed by atoms with Gasteiger partial charge in [0.15, 0.2) is 5.76 Å². The van der Waals surface area contributed by atoms with Crippen molar-refractivity contribution in [3.63, 3.8) is 0 Å². The minimum Gasteiger partial charge on any atom is -0.463 e. The van der Waals surface area contributed by atoms with E-state index in [1.165, 1.54) is 0 Å². The van der Waals surface area contributed by atoms with Gasteiger partial charge in [-0.05, 0) is 54.8 Å². The van der Waals surface area contributed by atoms with Crippen molar-refractivity contribution in [3.8, 4) is 17.1 Å². The van der Waals surface area contributed by atoms with Gasteiger partial charge in [0.2, 0.25) is 0 Å². The van der Waals surface area contributed by atoms with Gasteiger partial charge in [0.25, 0.3) is 5.91 Å². The molecule has 3 heterocycles. The lowest BCUT2D eigenvalue weighted by molar-refractivity contribution is 0.0943. The van der Waals surface area contributed by atoms with E-state index in [-0.39, 0.29) is 5.91 Å². The summed E-state index contributed by atoms with van der Waals surface area (Å²) in [5.74, 6) is 0.403. The summed E-state index contributed by atoms with van der Waals surface area (Å²) in [6.07, 6.45) is 5.03. The van der Waals surface area contributed by atoms with Crippen LogP contribution in [0, 0.1) is 13.8 Å². The minimum absolute atomic E-state index is 0.213. The number of nitrogens with one attached hydrogen (secondary N) is 1. The van der Waals surface area contributed by atoms with E-state index >= 15 is 0 Å². The average Bonchev–Trinajstić information content (AvgIpc) is 3.38. The van der Waals surface area contributed by atoms with Crippen LogP contribution in [0.1, 0.15) is 27.2 Å². The highest BCUT2D eigenvalue weighted by Crippen LogP contribution is 2.24. The van der Waals surface area contributed by atoms with Crippen molar-refractivity contribution in [3.05, 3.63) is 89.6 Å². The van der Waals surface area contributed by atoms with E-state index in [4.69, 9.17) is 4.42 Å². The third kappa shape index (κ3) is 3.57. The molecule has 0 saturated heterocycles. The van der Waals surface area contributed by atoms with E-state index in [1.807, 2.05) is 50.2 Å². The molecular weight excluding hydrogens is 352 g/mol. The molecule has 140 valence electrons. The molecule has 0 aliphatic rings. The van der Waals surface area contributed by atoms with E-state index in [0.717, 1.165) is 22.4 Å². The Morgan fingerprint density at radius 3 is 2.79 bits per heavy atom. The summed E-state index contributed by atoms with van der Waals surface area (Å²) < 4.78 is 7.15. The number of rotatable bonds is 5. The lowest BCUT2D eigenvalue weighted by Crippen LogP contribution is -2.25. The summed E-state index contributed by atoms with van der Waals surface area (Å²) in [6.45, 7) is 4.41. The first-order valence-corrected chi connectivity index (χ1v) is 9.00. The molecule has 0 radical (unpaired) electrons. The molecule has 0 aliphatic carbocycles. The number of carbonyl (C=O) groups excluding carboxylic acids is 1. The van der Waals surface area contributed by atoms with E-state index in [0.29, 0.717) is 23.7 Å². The number of benzene rings is 1. The Morgan fingerprint density at radius 1 is 1.14 bits per heavy atom. The lowest BCUT2D eigenvalue weighted by Gasteiger charge is -2.11. The highest BCUT2D eigenvalue weighted by Gasteiger charge is 2.19. The summed E-state index contributed by atoms with van der Waals surface area (Å²) >= 11 is 0. The molecule has 0 spiro atoms. The molecule has 0 saturated carbocycles. The normalized spacial score (nSPS) is 10.8. The zero-order chi connectivity index (χ0) is 19.5. The Labute approximate surface area is 162 Å². The van der Waals surface area contributed by atoms with E-state index in [2.05, 4.69) is 15.4 Å². The first-order chi connectivity index (χ1) is 13.6. The van der Waals surface area contributed by atoms with Crippen LogP contribution < -0.4 is 5.32 Å². The topological polar surface area (TPSA) is 73.0 Å². The molecule has 1 aromatic carbocycles. The van der Waals surface area contributed by atoms with Crippen LogP contribution in [-0.2, 0) is 6.54 Å². The van der Waals surface area contributed by atoms with Gasteiger partial charge in [0, 0.05) is 25.0 Å². The fourth-order valence-corrected chi connectivity index (χ4v) is 2.99. The number of aromatic nitrogens is 3. The molecule has 3 aromatic heterocycles. The maximum atomic E-state index is 13.0. The molecule has 0 atom stereocenters. The second-order valence-corrected chi connectivity index (χ2v) is 6.64. The minimum atomic E-state index is -0.213. The van der Waals surface area contributed by atoms with Crippen molar-refractivity contribution in [2.75, 3.05) is 0 Å². The fraction of sp³-hybridized carbons (Fsp3) is 0.136. The van der Waals surface area contributed by atoms with Gasteiger partial charge in [0.05, 0.1) is 12.0 Å². The van der Waals surface area contributed by atoms with Gasteiger partial charge >= 0.3 is 0 Å². The van der Waals surface area contributed by atoms with Gasteiger partial charge < -0.3 is 9.73 Å². The quantitative estimate of drug-likeness (QED) is 0.573. The predicted octanol–water partition coefficient (Wildman–Crippen LogP) is 4.07. The Hall–Kier alpha value is -3.67. The smallest absolute Gasteiger partial charge is 0.270 e. The number of nitrogens with zero attached hydrogens (tertiary/aromatic N) is 3. The fourth-order valence-electron chi connectivity index (χ4n) is 2.99. The molecule has 0 bridgehead atoms. The molecule has 1 N–H and O–H groups in total. The van der Waals surface area contributed by atoms with Crippen LogP contribution in [-0.4, -0.2) is 20.7 Å². The number of furan rings is 1. The largest absolute Gasteiger partial charge is 0.463 e. The molecule has 1 amide bonds. The number of hydrogen-bond donors (Lipinski definition) is 1. The third-order valence-electron chi connectivity index (χ3n) is 4.48. The SMILES string of the molecule is Cc1ccc(C)c(-n2nc(-c3ccco3)cc2C(=O)NCc2cccnc2)c1. The molecule has 6 nitrogen and oxygen atoms in total. The predicted molar refractivity (Wildman–Crippen MR) is 106 cm³/mol. The number of aryl methyl sites for hydroxylation is 2. The van der Waals surface area contributed by atoms with Crippen LogP contribution in [0.15, 0.2) is 71.6 Å². The zero-order valence-electron chi connectivity index (χ0n) is 15.7. The summed E-state index contributed by atoms with van der Waals surface area (Å²) in [5.41, 5.74) is 4.98. The van der Waals surface area contributed by atoms with Crippen LogP contribution in [0.5, 0.6) is 0 Å². The molecule has 0 unspecified atom stereocenters. The van der Waals surface area contributed by atoms with Gasteiger partial charge in [-0.15, -0.1) is 0 Å². The van der Waals surface area contributed by atoms with E-state index in [9.17, 15) is 4.79 Å².